The van der Waals surface area contributed by atoms with Gasteiger partial charge in [-0.15, -0.1) is 0 Å². The van der Waals surface area contributed by atoms with Gasteiger partial charge in [0.25, 0.3) is 5.91 Å². The number of piperidine rings is 1. The van der Waals surface area contributed by atoms with E-state index in [-0.39, 0.29) is 11.8 Å². The van der Waals surface area contributed by atoms with Crippen LogP contribution in [0.3, 0.4) is 0 Å². The van der Waals surface area contributed by atoms with Crippen LogP contribution >= 0.6 is 0 Å². The molecule has 1 unspecified atom stereocenters. The van der Waals surface area contributed by atoms with Gasteiger partial charge in [-0.1, -0.05) is 0 Å². The molecule has 2 aromatic rings. The third-order valence-corrected chi connectivity index (χ3v) is 3.13. The van der Waals surface area contributed by atoms with Crippen LogP contribution in [0.4, 0.5) is 5.69 Å². The first kappa shape index (κ1) is 10.8. The minimum Gasteiger partial charge on any atom is -0.399 e. The van der Waals surface area contributed by atoms with E-state index in [1.165, 1.54) is 0 Å². The van der Waals surface area contributed by atoms with Gasteiger partial charge in [-0.3, -0.25) is 19.6 Å². The second-order valence-corrected chi connectivity index (χ2v) is 4.37. The second-order valence-electron chi connectivity index (χ2n) is 4.37. The van der Waals surface area contributed by atoms with Crippen LogP contribution in [0.25, 0.3) is 10.9 Å². The maximum Gasteiger partial charge on any atom is 0.251 e. The van der Waals surface area contributed by atoms with E-state index in [0.29, 0.717) is 18.5 Å². The molecule has 0 spiro atoms. The molecule has 1 atom stereocenters. The lowest BCUT2D eigenvalue weighted by Gasteiger charge is -2.21. The van der Waals surface area contributed by atoms with Crippen molar-refractivity contribution in [1.29, 1.82) is 0 Å². The number of nitrogens with two attached hydrogens (primary N) is 1. The fraction of sp³-hybridized carbons (Fsp3) is 0.250. The van der Waals surface area contributed by atoms with E-state index in [0.717, 1.165) is 10.9 Å². The summed E-state index contributed by atoms with van der Waals surface area (Å²) in [5.41, 5.74) is 7.17. The summed E-state index contributed by atoms with van der Waals surface area (Å²) in [5.74, 6) is -0.536. The molecule has 0 bridgehead atoms. The van der Waals surface area contributed by atoms with Crippen molar-refractivity contribution in [1.82, 2.24) is 15.1 Å². The molecule has 92 valence electrons. The van der Waals surface area contributed by atoms with E-state index in [4.69, 9.17) is 5.73 Å². The third-order valence-electron chi connectivity index (χ3n) is 3.13. The average molecular weight is 244 g/mol. The molecule has 1 aliphatic heterocycles. The van der Waals surface area contributed by atoms with Crippen LogP contribution in [0.5, 0.6) is 0 Å². The highest BCUT2D eigenvalue weighted by atomic mass is 16.2. The molecule has 2 heterocycles. The topological polar surface area (TPSA) is 90.0 Å². The predicted molar refractivity (Wildman–Crippen MR) is 65.6 cm³/mol. The van der Waals surface area contributed by atoms with Crippen molar-refractivity contribution in [3.63, 3.8) is 0 Å². The van der Waals surface area contributed by atoms with Gasteiger partial charge in [0, 0.05) is 17.5 Å². The van der Waals surface area contributed by atoms with Gasteiger partial charge in [0.15, 0.2) is 0 Å². The first-order valence-corrected chi connectivity index (χ1v) is 5.71. The molecule has 6 nitrogen and oxygen atoms in total. The molecule has 6 heteroatoms. The molecule has 3 rings (SSSR count). The van der Waals surface area contributed by atoms with Gasteiger partial charge in [0.2, 0.25) is 5.91 Å². The zero-order valence-corrected chi connectivity index (χ0v) is 9.59. The number of anilines is 1. The zero-order valence-electron chi connectivity index (χ0n) is 9.59. The summed E-state index contributed by atoms with van der Waals surface area (Å²) in [6, 6.07) is 4.99. The Kier molecular flexibility index (Phi) is 2.29. The van der Waals surface area contributed by atoms with Gasteiger partial charge >= 0.3 is 0 Å². The van der Waals surface area contributed by atoms with E-state index in [1.807, 2.05) is 6.07 Å². The summed E-state index contributed by atoms with van der Waals surface area (Å²) in [7, 11) is 0. The summed E-state index contributed by atoms with van der Waals surface area (Å²) in [4.78, 5) is 22.9. The highest BCUT2D eigenvalue weighted by molar-refractivity contribution is 6.00. The second kappa shape index (κ2) is 3.83. The van der Waals surface area contributed by atoms with Gasteiger partial charge in [-0.05, 0) is 24.6 Å². The number of hydrogen-bond donors (Lipinski definition) is 2. The van der Waals surface area contributed by atoms with Gasteiger partial charge in [0.1, 0.15) is 6.04 Å². The Morgan fingerprint density at radius 3 is 3.00 bits per heavy atom. The highest BCUT2D eigenvalue weighted by Crippen LogP contribution is 2.24. The number of nitrogens with one attached hydrogen (secondary N) is 1. The van der Waals surface area contributed by atoms with E-state index >= 15 is 0 Å². The van der Waals surface area contributed by atoms with Gasteiger partial charge in [-0.2, -0.15) is 5.10 Å². The number of benzene rings is 1. The fourth-order valence-electron chi connectivity index (χ4n) is 2.22. The normalized spacial score (nSPS) is 20.1. The smallest absolute Gasteiger partial charge is 0.251 e. The summed E-state index contributed by atoms with van der Waals surface area (Å²) < 4.78 is 1.63. The van der Waals surface area contributed by atoms with Crippen LogP contribution in [0.1, 0.15) is 18.9 Å². The number of carbonyl (C=O) groups excluding carboxylic acids is 2. The number of amides is 2. The minimum atomic E-state index is -0.443. The molecule has 1 aromatic heterocycles. The minimum absolute atomic E-state index is 0.229. The number of nitrogen functional groups attached to an aromatic ring is 1. The highest BCUT2D eigenvalue weighted by Gasteiger charge is 2.29. The molecule has 1 fully saturated rings. The number of hydrogen-bond acceptors (Lipinski definition) is 4. The Balaban J connectivity index is 2.06. The molecule has 1 aliphatic rings. The molecular formula is C12H12N4O2. The Hall–Kier alpha value is -2.37. The van der Waals surface area contributed by atoms with Gasteiger partial charge in [-0.25, -0.2) is 0 Å². The Morgan fingerprint density at radius 1 is 1.39 bits per heavy atom. The summed E-state index contributed by atoms with van der Waals surface area (Å²) >= 11 is 0. The van der Waals surface area contributed by atoms with Crippen molar-refractivity contribution >= 4 is 28.4 Å². The zero-order chi connectivity index (χ0) is 12.7. The third kappa shape index (κ3) is 1.62. The predicted octanol–water partition coefficient (Wildman–Crippen LogP) is 0.596. The summed E-state index contributed by atoms with van der Waals surface area (Å²) in [5, 5.41) is 7.48. The van der Waals surface area contributed by atoms with Crippen molar-refractivity contribution in [3.8, 4) is 0 Å². The first-order chi connectivity index (χ1) is 8.65. The molecular weight excluding hydrogens is 232 g/mol. The molecule has 18 heavy (non-hydrogen) atoms. The van der Waals surface area contributed by atoms with E-state index in [9.17, 15) is 9.59 Å². The standard InChI is InChI=1S/C12H12N4O2/c13-8-2-1-7-6-14-16(10(7)5-8)9-3-4-11(17)15-12(9)18/h1-2,5-6,9H,3-4,13H2,(H,15,17,18). The molecule has 1 aromatic carbocycles. The average Bonchev–Trinajstić information content (AvgIpc) is 2.72. The lowest BCUT2D eigenvalue weighted by atomic mass is 10.1. The van der Waals surface area contributed by atoms with Crippen LogP contribution in [-0.2, 0) is 9.59 Å². The van der Waals surface area contributed by atoms with Crippen LogP contribution in [0.15, 0.2) is 24.4 Å². The number of aromatic nitrogens is 2. The molecule has 0 aliphatic carbocycles. The lowest BCUT2D eigenvalue weighted by molar-refractivity contribution is -0.135. The maximum atomic E-state index is 11.8. The SMILES string of the molecule is Nc1ccc2cnn(C3CCC(=O)NC3=O)c2c1. The van der Waals surface area contributed by atoms with E-state index in [2.05, 4.69) is 10.4 Å². The number of nitrogens with zero attached hydrogens (tertiary/aromatic N) is 2. The van der Waals surface area contributed by atoms with Crippen molar-refractivity contribution < 1.29 is 9.59 Å². The monoisotopic (exact) mass is 244 g/mol. The number of rotatable bonds is 1. The van der Waals surface area contributed by atoms with E-state index < -0.39 is 6.04 Å². The quantitative estimate of drug-likeness (QED) is 0.567. The maximum absolute atomic E-state index is 11.8. The Bertz CT molecular complexity index is 647. The van der Waals surface area contributed by atoms with E-state index in [1.54, 1.807) is 23.0 Å². The van der Waals surface area contributed by atoms with Crippen molar-refractivity contribution in [3.05, 3.63) is 24.4 Å². The van der Waals surface area contributed by atoms with Crippen LogP contribution in [0.2, 0.25) is 0 Å². The van der Waals surface area contributed by atoms with Crippen LogP contribution in [0, 0.1) is 0 Å². The molecule has 0 radical (unpaired) electrons. The number of carbonyl (C=O) groups is 2. The molecule has 1 saturated heterocycles. The largest absolute Gasteiger partial charge is 0.399 e. The van der Waals surface area contributed by atoms with Crippen molar-refractivity contribution in [2.24, 2.45) is 0 Å². The van der Waals surface area contributed by atoms with Gasteiger partial charge in [0.05, 0.1) is 11.7 Å². The Labute approximate surface area is 103 Å². The van der Waals surface area contributed by atoms with Crippen LogP contribution in [-0.4, -0.2) is 21.6 Å². The summed E-state index contributed by atoms with van der Waals surface area (Å²) in [6.07, 6.45) is 2.49. The fourth-order valence-corrected chi connectivity index (χ4v) is 2.22. The molecule has 3 N–H and O–H groups in total. The van der Waals surface area contributed by atoms with Crippen LogP contribution < -0.4 is 11.1 Å². The number of imide groups is 1. The van der Waals surface area contributed by atoms with Crippen molar-refractivity contribution in [2.45, 2.75) is 18.9 Å². The number of fused-ring (bicyclic) bond motifs is 1. The molecule has 2 amide bonds. The van der Waals surface area contributed by atoms with Crippen molar-refractivity contribution in [2.75, 3.05) is 5.73 Å². The van der Waals surface area contributed by atoms with Gasteiger partial charge < -0.3 is 5.73 Å². The first-order valence-electron chi connectivity index (χ1n) is 5.71. The Morgan fingerprint density at radius 2 is 2.22 bits per heavy atom. The summed E-state index contributed by atoms with van der Waals surface area (Å²) in [6.45, 7) is 0. The lowest BCUT2D eigenvalue weighted by Crippen LogP contribution is -2.42. The molecule has 0 saturated carbocycles.